The van der Waals surface area contributed by atoms with Crippen molar-refractivity contribution in [2.24, 2.45) is 0 Å². The van der Waals surface area contributed by atoms with Crippen molar-refractivity contribution in [1.82, 2.24) is 9.38 Å². The van der Waals surface area contributed by atoms with Crippen LogP contribution in [0.3, 0.4) is 0 Å². The third kappa shape index (κ3) is 3.38. The summed E-state index contributed by atoms with van der Waals surface area (Å²) in [5.41, 5.74) is 2.13. The Morgan fingerprint density at radius 3 is 2.72 bits per heavy atom. The molecule has 0 unspecified atom stereocenters. The lowest BCUT2D eigenvalue weighted by molar-refractivity contribution is -0.914. The Morgan fingerprint density at radius 2 is 2.00 bits per heavy atom. The Balaban J connectivity index is 1.40. The Hall–Kier alpha value is -2.38. The molecule has 0 atom stereocenters. The highest BCUT2D eigenvalue weighted by atomic mass is 32.1. The van der Waals surface area contributed by atoms with E-state index >= 15 is 0 Å². The monoisotopic (exact) mass is 357 g/mol. The van der Waals surface area contributed by atoms with Gasteiger partial charge in [0, 0.05) is 23.3 Å². The van der Waals surface area contributed by atoms with Crippen molar-refractivity contribution in [3.05, 3.63) is 58.0 Å². The van der Waals surface area contributed by atoms with E-state index in [-0.39, 0.29) is 5.56 Å². The molecule has 1 saturated heterocycles. The summed E-state index contributed by atoms with van der Waals surface area (Å²) in [5, 5.41) is 1.90. The summed E-state index contributed by atoms with van der Waals surface area (Å²) in [6.07, 6.45) is 1.78. The number of methoxy groups -OCH3 is 1. The molecular formula is C18H21N4O2S+. The van der Waals surface area contributed by atoms with E-state index in [0.717, 1.165) is 49.1 Å². The Kier molecular flexibility index (Phi) is 4.42. The van der Waals surface area contributed by atoms with Crippen LogP contribution >= 0.6 is 11.3 Å². The van der Waals surface area contributed by atoms with E-state index in [1.807, 2.05) is 17.5 Å². The largest absolute Gasteiger partial charge is 0.497 e. The Morgan fingerprint density at radius 1 is 1.24 bits per heavy atom. The van der Waals surface area contributed by atoms with Crippen LogP contribution in [0, 0.1) is 0 Å². The van der Waals surface area contributed by atoms with Gasteiger partial charge in [-0.15, -0.1) is 11.3 Å². The van der Waals surface area contributed by atoms with Crippen molar-refractivity contribution < 1.29 is 9.64 Å². The molecule has 0 saturated carbocycles. The van der Waals surface area contributed by atoms with E-state index in [1.54, 1.807) is 23.8 Å². The number of quaternary nitrogens is 1. The molecule has 2 aromatic heterocycles. The van der Waals surface area contributed by atoms with Gasteiger partial charge in [0.25, 0.3) is 5.56 Å². The molecule has 130 valence electrons. The van der Waals surface area contributed by atoms with Crippen molar-refractivity contribution in [3.63, 3.8) is 0 Å². The number of piperazine rings is 1. The normalized spacial score (nSPS) is 15.6. The quantitative estimate of drug-likeness (QED) is 0.746. The van der Waals surface area contributed by atoms with Gasteiger partial charge in [-0.3, -0.25) is 9.20 Å². The van der Waals surface area contributed by atoms with Gasteiger partial charge >= 0.3 is 0 Å². The summed E-state index contributed by atoms with van der Waals surface area (Å²) >= 11 is 1.50. The van der Waals surface area contributed by atoms with Crippen molar-refractivity contribution in [2.45, 2.75) is 6.54 Å². The number of benzene rings is 1. The minimum atomic E-state index is 0.0116. The summed E-state index contributed by atoms with van der Waals surface area (Å²) in [4.78, 5) is 21.4. The zero-order valence-electron chi connectivity index (χ0n) is 14.1. The van der Waals surface area contributed by atoms with Crippen LogP contribution in [0.15, 0.2) is 46.7 Å². The summed E-state index contributed by atoms with van der Waals surface area (Å²) in [5.74, 6) is 0.884. The van der Waals surface area contributed by atoms with Crippen LogP contribution in [-0.2, 0) is 6.54 Å². The van der Waals surface area contributed by atoms with Crippen LogP contribution in [0.2, 0.25) is 0 Å². The number of nitrogens with zero attached hydrogens (tertiary/aromatic N) is 3. The second-order valence-corrected chi connectivity index (χ2v) is 7.13. The average Bonchev–Trinajstić information content (AvgIpc) is 3.12. The molecule has 1 aliphatic heterocycles. The number of nitrogens with one attached hydrogen (secondary N) is 1. The molecule has 0 radical (unpaired) electrons. The first-order valence-electron chi connectivity index (χ1n) is 8.41. The lowest BCUT2D eigenvalue weighted by Crippen LogP contribution is -3.13. The average molecular weight is 357 g/mol. The highest BCUT2D eigenvalue weighted by Gasteiger charge is 2.21. The van der Waals surface area contributed by atoms with Crippen LogP contribution in [0.5, 0.6) is 5.75 Å². The minimum Gasteiger partial charge on any atom is -0.497 e. The van der Waals surface area contributed by atoms with Gasteiger partial charge in [-0.2, -0.15) is 0 Å². The number of rotatable bonds is 4. The lowest BCUT2D eigenvalue weighted by atomic mass is 10.2. The topological polar surface area (TPSA) is 51.3 Å². The molecule has 0 bridgehead atoms. The second kappa shape index (κ2) is 6.85. The van der Waals surface area contributed by atoms with Gasteiger partial charge in [-0.25, -0.2) is 4.98 Å². The lowest BCUT2D eigenvalue weighted by Gasteiger charge is -2.33. The molecule has 1 N–H and O–H groups in total. The van der Waals surface area contributed by atoms with Crippen molar-refractivity contribution in [1.29, 1.82) is 0 Å². The van der Waals surface area contributed by atoms with E-state index in [0.29, 0.717) is 0 Å². The second-order valence-electron chi connectivity index (χ2n) is 6.25. The van der Waals surface area contributed by atoms with Gasteiger partial charge in [0.15, 0.2) is 4.96 Å². The molecule has 7 heteroatoms. The van der Waals surface area contributed by atoms with E-state index < -0.39 is 0 Å². The molecule has 1 fully saturated rings. The van der Waals surface area contributed by atoms with Gasteiger partial charge in [-0.1, -0.05) is 0 Å². The van der Waals surface area contributed by atoms with Crippen LogP contribution < -0.4 is 20.1 Å². The van der Waals surface area contributed by atoms with Gasteiger partial charge in [-0.05, 0) is 24.3 Å². The smallest absolute Gasteiger partial charge is 0.258 e. The van der Waals surface area contributed by atoms with E-state index in [9.17, 15) is 4.79 Å². The van der Waals surface area contributed by atoms with Crippen molar-refractivity contribution in [2.75, 3.05) is 38.2 Å². The fourth-order valence-electron chi connectivity index (χ4n) is 3.29. The molecule has 1 aromatic carbocycles. The van der Waals surface area contributed by atoms with Gasteiger partial charge in [0.05, 0.1) is 33.3 Å². The first-order valence-corrected chi connectivity index (χ1v) is 9.29. The number of thiazole rings is 1. The van der Waals surface area contributed by atoms with Gasteiger partial charge in [0.1, 0.15) is 18.0 Å². The highest BCUT2D eigenvalue weighted by Crippen LogP contribution is 2.19. The molecule has 0 spiro atoms. The summed E-state index contributed by atoms with van der Waals surface area (Å²) in [7, 11) is 1.69. The van der Waals surface area contributed by atoms with Gasteiger partial charge in [0.2, 0.25) is 0 Å². The first-order chi connectivity index (χ1) is 12.2. The molecule has 3 aromatic rings. The number of hydrogen-bond acceptors (Lipinski definition) is 5. The molecule has 1 aliphatic rings. The maximum atomic E-state index is 12.1. The van der Waals surface area contributed by atoms with E-state index in [4.69, 9.17) is 4.74 Å². The zero-order valence-corrected chi connectivity index (χ0v) is 15.0. The number of anilines is 1. The number of hydrogen-bond donors (Lipinski definition) is 1. The predicted octanol–water partition coefficient (Wildman–Crippen LogP) is 0.670. The maximum absolute atomic E-state index is 12.1. The standard InChI is InChI=1S/C18H20N4O2S/c1-24-16-4-2-15(3-5-16)21-8-6-20(7-9-21)13-14-12-17(23)22-10-11-25-18(22)19-14/h2-5,10-12H,6-9,13H2,1H3/p+1. The van der Waals surface area contributed by atoms with Crippen LogP contribution in [0.1, 0.15) is 5.69 Å². The molecule has 0 aliphatic carbocycles. The molecule has 3 heterocycles. The van der Waals surface area contributed by atoms with Crippen LogP contribution in [-0.4, -0.2) is 42.7 Å². The van der Waals surface area contributed by atoms with Crippen LogP contribution in [0.25, 0.3) is 4.96 Å². The SMILES string of the molecule is COc1ccc(N2CC[NH+](Cc3cc(=O)n4ccsc4n3)CC2)cc1. The number of ether oxygens (including phenoxy) is 1. The number of fused-ring (bicyclic) bond motifs is 1. The van der Waals surface area contributed by atoms with E-state index in [2.05, 4.69) is 22.0 Å². The minimum absolute atomic E-state index is 0.0116. The molecule has 4 rings (SSSR count). The van der Waals surface area contributed by atoms with Crippen LogP contribution in [0.4, 0.5) is 5.69 Å². The molecule has 0 amide bonds. The Labute approximate surface area is 149 Å². The predicted molar refractivity (Wildman–Crippen MR) is 98.9 cm³/mol. The molecular weight excluding hydrogens is 336 g/mol. The Bertz CT molecular complexity index is 911. The first kappa shape index (κ1) is 16.1. The fraction of sp³-hybridized carbons (Fsp3) is 0.333. The molecule has 6 nitrogen and oxygen atoms in total. The van der Waals surface area contributed by atoms with E-state index in [1.165, 1.54) is 21.9 Å². The fourth-order valence-corrected chi connectivity index (χ4v) is 4.02. The molecule has 25 heavy (non-hydrogen) atoms. The third-order valence-electron chi connectivity index (χ3n) is 4.70. The van der Waals surface area contributed by atoms with Gasteiger partial charge < -0.3 is 14.5 Å². The van der Waals surface area contributed by atoms with Crippen molar-refractivity contribution in [3.8, 4) is 5.75 Å². The van der Waals surface area contributed by atoms with Crippen molar-refractivity contribution >= 4 is 22.0 Å². The summed E-state index contributed by atoms with van der Waals surface area (Å²) < 4.78 is 6.82. The summed E-state index contributed by atoms with van der Waals surface area (Å²) in [6.45, 7) is 4.89. The summed E-state index contributed by atoms with van der Waals surface area (Å²) in [6, 6.07) is 9.89. The zero-order chi connectivity index (χ0) is 17.2. The number of aromatic nitrogens is 2. The third-order valence-corrected chi connectivity index (χ3v) is 5.45. The highest BCUT2D eigenvalue weighted by molar-refractivity contribution is 7.15. The maximum Gasteiger partial charge on any atom is 0.258 e.